The number of nitro benzene ring substituents is 1. The van der Waals surface area contributed by atoms with Gasteiger partial charge in [-0.2, -0.15) is 0 Å². The summed E-state index contributed by atoms with van der Waals surface area (Å²) in [5, 5.41) is 20.0. The molecule has 0 atom stereocenters. The Kier molecular flexibility index (Phi) is 3.65. The summed E-state index contributed by atoms with van der Waals surface area (Å²) in [5.74, 6) is -1.19. The molecule has 2 rings (SSSR count). The first-order chi connectivity index (χ1) is 9.50. The van der Waals surface area contributed by atoms with Crippen molar-refractivity contribution in [3.63, 3.8) is 0 Å². The lowest BCUT2D eigenvalue weighted by molar-refractivity contribution is -0.384. The quantitative estimate of drug-likeness (QED) is 0.683. The molecule has 0 spiro atoms. The first-order valence-electron chi connectivity index (χ1n) is 5.81. The van der Waals surface area contributed by atoms with E-state index >= 15 is 0 Å². The van der Waals surface area contributed by atoms with E-state index in [-0.39, 0.29) is 11.3 Å². The number of aromatic carboxylic acids is 1. The molecule has 0 saturated carbocycles. The van der Waals surface area contributed by atoms with Gasteiger partial charge >= 0.3 is 5.97 Å². The Bertz CT molecular complexity index is 655. The van der Waals surface area contributed by atoms with Crippen LogP contribution < -0.4 is 4.90 Å². The van der Waals surface area contributed by atoms with E-state index in [4.69, 9.17) is 5.11 Å². The van der Waals surface area contributed by atoms with Gasteiger partial charge in [-0.3, -0.25) is 10.1 Å². The normalized spacial score (nSPS) is 10.1. The standard InChI is InChI=1S/C14H12N2O4/c1-15(11-5-3-2-4-6-11)12-8-7-10(14(17)18)9-13(12)16(19)20/h2-9H,1H3,(H,17,18). The predicted octanol–water partition coefficient (Wildman–Crippen LogP) is 3.06. The van der Waals surface area contributed by atoms with Crippen molar-refractivity contribution in [3.05, 3.63) is 64.2 Å². The zero-order valence-electron chi connectivity index (χ0n) is 10.7. The van der Waals surface area contributed by atoms with Crippen LogP contribution in [0.5, 0.6) is 0 Å². The molecule has 0 aliphatic carbocycles. The second-order valence-corrected chi connectivity index (χ2v) is 4.16. The monoisotopic (exact) mass is 272 g/mol. The fraction of sp³-hybridized carbons (Fsp3) is 0.0714. The Morgan fingerprint density at radius 2 is 1.85 bits per heavy atom. The Morgan fingerprint density at radius 1 is 1.20 bits per heavy atom. The number of hydrogen-bond acceptors (Lipinski definition) is 4. The third kappa shape index (κ3) is 2.59. The van der Waals surface area contributed by atoms with Crippen molar-refractivity contribution in [1.82, 2.24) is 0 Å². The third-order valence-corrected chi connectivity index (χ3v) is 2.92. The number of carboxylic acid groups (broad SMARTS) is 1. The largest absolute Gasteiger partial charge is 0.478 e. The lowest BCUT2D eigenvalue weighted by Gasteiger charge is -2.19. The van der Waals surface area contributed by atoms with Crippen molar-refractivity contribution < 1.29 is 14.8 Å². The number of hydrogen-bond donors (Lipinski definition) is 1. The van der Waals surface area contributed by atoms with Crippen molar-refractivity contribution in [2.75, 3.05) is 11.9 Å². The van der Waals surface area contributed by atoms with Crippen LogP contribution in [-0.4, -0.2) is 23.0 Å². The first kappa shape index (κ1) is 13.5. The Balaban J connectivity index is 2.51. The SMILES string of the molecule is CN(c1ccccc1)c1ccc(C(=O)O)cc1[N+](=O)[O-]. The van der Waals surface area contributed by atoms with Crippen LogP contribution in [0.2, 0.25) is 0 Å². The van der Waals surface area contributed by atoms with Crippen molar-refractivity contribution in [1.29, 1.82) is 0 Å². The van der Waals surface area contributed by atoms with Crippen LogP contribution in [-0.2, 0) is 0 Å². The zero-order chi connectivity index (χ0) is 14.7. The molecule has 0 radical (unpaired) electrons. The maximum absolute atomic E-state index is 11.1. The molecule has 0 fully saturated rings. The lowest BCUT2D eigenvalue weighted by Crippen LogP contribution is -2.12. The topological polar surface area (TPSA) is 83.7 Å². The van der Waals surface area contributed by atoms with E-state index < -0.39 is 10.9 Å². The molecule has 6 nitrogen and oxygen atoms in total. The van der Waals surface area contributed by atoms with Crippen LogP contribution in [0.3, 0.4) is 0 Å². The summed E-state index contributed by atoms with van der Waals surface area (Å²) in [7, 11) is 1.69. The van der Waals surface area contributed by atoms with Crippen LogP contribution in [0.25, 0.3) is 0 Å². The average Bonchev–Trinajstić information content (AvgIpc) is 2.46. The van der Waals surface area contributed by atoms with Gasteiger partial charge in [0.05, 0.1) is 10.5 Å². The Hall–Kier alpha value is -2.89. The molecular weight excluding hydrogens is 260 g/mol. The van der Waals surface area contributed by atoms with Crippen molar-refractivity contribution in [3.8, 4) is 0 Å². The minimum atomic E-state index is -1.19. The number of benzene rings is 2. The average molecular weight is 272 g/mol. The van der Waals surface area contributed by atoms with E-state index in [0.29, 0.717) is 5.69 Å². The summed E-state index contributed by atoms with van der Waals surface area (Å²) in [6.45, 7) is 0. The van der Waals surface area contributed by atoms with Gasteiger partial charge in [0, 0.05) is 18.8 Å². The molecule has 0 heterocycles. The molecule has 0 aliphatic heterocycles. The minimum Gasteiger partial charge on any atom is -0.478 e. The molecule has 20 heavy (non-hydrogen) atoms. The van der Waals surface area contributed by atoms with Crippen LogP contribution in [0.4, 0.5) is 17.1 Å². The molecule has 0 unspecified atom stereocenters. The van der Waals surface area contributed by atoms with Crippen LogP contribution in [0.15, 0.2) is 48.5 Å². The first-order valence-corrected chi connectivity index (χ1v) is 5.81. The number of nitrogens with zero attached hydrogens (tertiary/aromatic N) is 2. The molecule has 0 bridgehead atoms. The van der Waals surface area contributed by atoms with E-state index in [1.54, 1.807) is 11.9 Å². The summed E-state index contributed by atoms with van der Waals surface area (Å²) in [6, 6.07) is 13.0. The van der Waals surface area contributed by atoms with E-state index in [2.05, 4.69) is 0 Å². The number of anilines is 2. The van der Waals surface area contributed by atoms with E-state index in [1.165, 1.54) is 12.1 Å². The van der Waals surface area contributed by atoms with E-state index in [9.17, 15) is 14.9 Å². The number of rotatable bonds is 4. The Morgan fingerprint density at radius 3 is 2.40 bits per heavy atom. The molecule has 0 aliphatic rings. The van der Waals surface area contributed by atoms with Crippen LogP contribution in [0.1, 0.15) is 10.4 Å². The highest BCUT2D eigenvalue weighted by Crippen LogP contribution is 2.33. The predicted molar refractivity (Wildman–Crippen MR) is 74.6 cm³/mol. The smallest absolute Gasteiger partial charge is 0.335 e. The molecule has 0 saturated heterocycles. The highest BCUT2D eigenvalue weighted by Gasteiger charge is 2.20. The number of carbonyl (C=O) groups is 1. The molecule has 0 amide bonds. The molecule has 2 aromatic carbocycles. The molecular formula is C14H12N2O4. The molecule has 6 heteroatoms. The molecule has 102 valence electrons. The number of para-hydroxylation sites is 1. The summed E-state index contributed by atoms with van der Waals surface area (Å²) in [5.41, 5.74) is 0.767. The summed E-state index contributed by atoms with van der Waals surface area (Å²) in [6.07, 6.45) is 0. The summed E-state index contributed by atoms with van der Waals surface area (Å²) < 4.78 is 0. The van der Waals surface area contributed by atoms with Crippen LogP contribution >= 0.6 is 0 Å². The van der Waals surface area contributed by atoms with Crippen molar-refractivity contribution in [2.24, 2.45) is 0 Å². The minimum absolute atomic E-state index is 0.109. The highest BCUT2D eigenvalue weighted by atomic mass is 16.6. The second kappa shape index (κ2) is 5.40. The molecule has 1 N–H and O–H groups in total. The zero-order valence-corrected chi connectivity index (χ0v) is 10.7. The molecule has 0 aromatic heterocycles. The van der Waals surface area contributed by atoms with Gasteiger partial charge < -0.3 is 10.0 Å². The van der Waals surface area contributed by atoms with Gasteiger partial charge in [0.15, 0.2) is 0 Å². The molecule has 2 aromatic rings. The maximum Gasteiger partial charge on any atom is 0.335 e. The fourth-order valence-electron chi connectivity index (χ4n) is 1.88. The van der Waals surface area contributed by atoms with Crippen molar-refractivity contribution in [2.45, 2.75) is 0 Å². The number of nitro groups is 1. The lowest BCUT2D eigenvalue weighted by atomic mass is 10.1. The summed E-state index contributed by atoms with van der Waals surface area (Å²) in [4.78, 5) is 23.1. The van der Waals surface area contributed by atoms with Gasteiger partial charge in [0.2, 0.25) is 0 Å². The number of carboxylic acids is 1. The Labute approximate surface area is 115 Å². The van der Waals surface area contributed by atoms with Gasteiger partial charge in [-0.05, 0) is 24.3 Å². The van der Waals surface area contributed by atoms with Crippen molar-refractivity contribution >= 4 is 23.0 Å². The fourth-order valence-corrected chi connectivity index (χ4v) is 1.88. The van der Waals surface area contributed by atoms with Gasteiger partial charge in [-0.15, -0.1) is 0 Å². The van der Waals surface area contributed by atoms with Gasteiger partial charge in [-0.1, -0.05) is 18.2 Å². The van der Waals surface area contributed by atoms with E-state index in [0.717, 1.165) is 11.8 Å². The second-order valence-electron chi connectivity index (χ2n) is 4.16. The van der Waals surface area contributed by atoms with Gasteiger partial charge in [0.25, 0.3) is 5.69 Å². The van der Waals surface area contributed by atoms with Gasteiger partial charge in [-0.25, -0.2) is 4.79 Å². The van der Waals surface area contributed by atoms with Crippen LogP contribution in [0, 0.1) is 10.1 Å². The third-order valence-electron chi connectivity index (χ3n) is 2.92. The highest BCUT2D eigenvalue weighted by molar-refractivity contribution is 5.90. The maximum atomic E-state index is 11.1. The van der Waals surface area contributed by atoms with E-state index in [1.807, 2.05) is 30.3 Å². The van der Waals surface area contributed by atoms with Gasteiger partial charge in [0.1, 0.15) is 5.69 Å². The summed E-state index contributed by atoms with van der Waals surface area (Å²) >= 11 is 0.